The lowest BCUT2D eigenvalue weighted by Crippen LogP contribution is -2.13. The molecule has 1 aliphatic rings. The summed E-state index contributed by atoms with van der Waals surface area (Å²) in [5, 5.41) is 0.668. The van der Waals surface area contributed by atoms with Gasteiger partial charge in [-0.1, -0.05) is 0 Å². The highest BCUT2D eigenvalue weighted by molar-refractivity contribution is 6.20. The number of nitrogens with zero attached hydrogens (tertiary/aromatic N) is 1. The van der Waals surface area contributed by atoms with Crippen LogP contribution in [0.25, 0.3) is 0 Å². The van der Waals surface area contributed by atoms with E-state index >= 15 is 0 Å². The summed E-state index contributed by atoms with van der Waals surface area (Å²) in [4.78, 5) is 0. The van der Waals surface area contributed by atoms with Gasteiger partial charge in [0.15, 0.2) is 0 Å². The van der Waals surface area contributed by atoms with Crippen LogP contribution in [0.15, 0.2) is 0 Å². The average molecular weight is 124 g/mol. The van der Waals surface area contributed by atoms with Crippen LogP contribution < -0.4 is 0 Å². The fourth-order valence-corrected chi connectivity index (χ4v) is 0.943. The van der Waals surface area contributed by atoms with E-state index in [2.05, 4.69) is 0 Å². The second kappa shape index (κ2) is 1.97. The molecule has 1 nitrogen and oxygen atoms in total. The predicted molar refractivity (Wildman–Crippen MR) is 26.7 cm³/mol. The Morgan fingerprint density at radius 2 is 2.43 bits per heavy atom. The molecule has 1 heterocycles. The standard InChI is InChI=1S/C4H7ClFN/c5-4-2-1-3-7(4)6/h4H,1-3H2. The molecule has 0 bridgehead atoms. The summed E-state index contributed by atoms with van der Waals surface area (Å²) < 4.78 is 12.0. The zero-order valence-electron chi connectivity index (χ0n) is 3.90. The first-order valence-electron chi connectivity index (χ1n) is 2.37. The molecule has 0 N–H and O–H groups in total. The number of halogens is 2. The Hall–Kier alpha value is 0.180. The summed E-state index contributed by atoms with van der Waals surface area (Å²) in [7, 11) is 0. The monoisotopic (exact) mass is 123 g/mol. The van der Waals surface area contributed by atoms with Gasteiger partial charge < -0.3 is 0 Å². The van der Waals surface area contributed by atoms with Crippen molar-refractivity contribution in [1.82, 2.24) is 5.12 Å². The first-order valence-corrected chi connectivity index (χ1v) is 2.81. The van der Waals surface area contributed by atoms with Crippen LogP contribution in [0.2, 0.25) is 0 Å². The number of alkyl halides is 1. The zero-order chi connectivity index (χ0) is 5.28. The van der Waals surface area contributed by atoms with Gasteiger partial charge in [0.1, 0.15) is 5.50 Å². The molecule has 1 saturated heterocycles. The normalized spacial score (nSPS) is 34.3. The Morgan fingerprint density at radius 1 is 1.71 bits per heavy atom. The second-order valence-electron chi connectivity index (χ2n) is 1.70. The number of rotatable bonds is 0. The zero-order valence-corrected chi connectivity index (χ0v) is 4.66. The van der Waals surface area contributed by atoms with Crippen molar-refractivity contribution in [2.24, 2.45) is 0 Å². The van der Waals surface area contributed by atoms with E-state index in [4.69, 9.17) is 11.6 Å². The highest BCUT2D eigenvalue weighted by Gasteiger charge is 2.20. The van der Waals surface area contributed by atoms with Gasteiger partial charge in [0.25, 0.3) is 0 Å². The molecule has 3 heteroatoms. The minimum absolute atomic E-state index is 0.347. The van der Waals surface area contributed by atoms with E-state index in [1.165, 1.54) is 0 Å². The first-order chi connectivity index (χ1) is 3.30. The maximum absolute atomic E-state index is 12.0. The van der Waals surface area contributed by atoms with Crippen molar-refractivity contribution in [3.8, 4) is 0 Å². The number of hydrogen-bond acceptors (Lipinski definition) is 1. The Morgan fingerprint density at radius 3 is 2.57 bits per heavy atom. The Labute approximate surface area is 47.0 Å². The molecule has 42 valence electrons. The van der Waals surface area contributed by atoms with Gasteiger partial charge in [0, 0.05) is 6.54 Å². The van der Waals surface area contributed by atoms with Crippen molar-refractivity contribution in [3.63, 3.8) is 0 Å². The van der Waals surface area contributed by atoms with Gasteiger partial charge in [0.2, 0.25) is 0 Å². The van der Waals surface area contributed by atoms with Crippen molar-refractivity contribution >= 4 is 11.6 Å². The topological polar surface area (TPSA) is 3.24 Å². The van der Waals surface area contributed by atoms with Crippen LogP contribution in [0, 0.1) is 0 Å². The minimum Gasteiger partial charge on any atom is -0.133 e. The van der Waals surface area contributed by atoms with Gasteiger partial charge in [-0.25, -0.2) is 0 Å². The minimum atomic E-state index is -0.347. The number of hydrogen-bond donors (Lipinski definition) is 0. The van der Waals surface area contributed by atoms with E-state index in [0.29, 0.717) is 11.7 Å². The van der Waals surface area contributed by atoms with Crippen LogP contribution in [-0.2, 0) is 0 Å². The second-order valence-corrected chi connectivity index (χ2v) is 2.20. The lowest BCUT2D eigenvalue weighted by atomic mass is 10.4. The lowest BCUT2D eigenvalue weighted by molar-refractivity contribution is 0.0414. The maximum Gasteiger partial charge on any atom is 0.114 e. The highest BCUT2D eigenvalue weighted by atomic mass is 35.5. The lowest BCUT2D eigenvalue weighted by Gasteiger charge is -2.03. The van der Waals surface area contributed by atoms with Crippen molar-refractivity contribution in [2.75, 3.05) is 6.54 Å². The van der Waals surface area contributed by atoms with E-state index in [9.17, 15) is 4.48 Å². The van der Waals surface area contributed by atoms with Gasteiger partial charge in [0.05, 0.1) is 0 Å². The van der Waals surface area contributed by atoms with Gasteiger partial charge >= 0.3 is 0 Å². The third-order valence-corrected chi connectivity index (χ3v) is 1.55. The van der Waals surface area contributed by atoms with E-state index in [1.54, 1.807) is 0 Å². The van der Waals surface area contributed by atoms with Crippen LogP contribution >= 0.6 is 11.6 Å². The molecule has 1 aliphatic heterocycles. The molecular formula is C4H7ClFN. The van der Waals surface area contributed by atoms with Crippen LogP contribution in [0.3, 0.4) is 0 Å². The van der Waals surface area contributed by atoms with Gasteiger partial charge in [-0.05, 0) is 12.8 Å². The van der Waals surface area contributed by atoms with Gasteiger partial charge in [-0.2, -0.15) is 0 Å². The third-order valence-electron chi connectivity index (χ3n) is 1.12. The fourth-order valence-electron chi connectivity index (χ4n) is 0.691. The molecule has 0 spiro atoms. The fraction of sp³-hybridized carbons (Fsp3) is 1.00. The predicted octanol–water partition coefficient (Wildman–Crippen LogP) is 1.53. The van der Waals surface area contributed by atoms with E-state index in [0.717, 1.165) is 12.8 Å². The molecule has 1 unspecified atom stereocenters. The van der Waals surface area contributed by atoms with Crippen molar-refractivity contribution in [2.45, 2.75) is 18.3 Å². The molecule has 0 saturated carbocycles. The van der Waals surface area contributed by atoms with Crippen LogP contribution in [0.4, 0.5) is 4.48 Å². The molecule has 0 aromatic heterocycles. The van der Waals surface area contributed by atoms with E-state index in [1.807, 2.05) is 0 Å². The Kier molecular flexibility index (Phi) is 1.50. The van der Waals surface area contributed by atoms with Crippen molar-refractivity contribution in [3.05, 3.63) is 0 Å². The van der Waals surface area contributed by atoms with Crippen molar-refractivity contribution in [1.29, 1.82) is 0 Å². The van der Waals surface area contributed by atoms with E-state index in [-0.39, 0.29) is 5.50 Å². The van der Waals surface area contributed by atoms with Crippen molar-refractivity contribution < 1.29 is 4.48 Å². The largest absolute Gasteiger partial charge is 0.133 e. The summed E-state index contributed by atoms with van der Waals surface area (Å²) in [5.74, 6) is 0. The van der Waals surface area contributed by atoms with Gasteiger partial charge in [-0.15, -0.1) is 21.2 Å². The summed E-state index contributed by atoms with van der Waals surface area (Å²) >= 11 is 5.41. The summed E-state index contributed by atoms with van der Waals surface area (Å²) in [6.45, 7) is 0.508. The quantitative estimate of drug-likeness (QED) is 0.268. The van der Waals surface area contributed by atoms with Crippen LogP contribution in [0.1, 0.15) is 12.8 Å². The molecule has 7 heavy (non-hydrogen) atoms. The van der Waals surface area contributed by atoms with Crippen LogP contribution in [-0.4, -0.2) is 17.2 Å². The summed E-state index contributed by atoms with van der Waals surface area (Å²) in [6.07, 6.45) is 1.68. The Bertz CT molecular complexity index is 60.7. The smallest absolute Gasteiger partial charge is 0.114 e. The molecule has 1 fully saturated rings. The molecule has 0 aromatic carbocycles. The first kappa shape index (κ1) is 5.32. The molecule has 0 amide bonds. The maximum atomic E-state index is 12.0. The summed E-state index contributed by atoms with van der Waals surface area (Å²) in [5.41, 5.74) is -0.347. The molecule has 1 atom stereocenters. The molecular weight excluding hydrogens is 117 g/mol. The molecule has 0 radical (unpaired) electrons. The van der Waals surface area contributed by atoms with Crippen LogP contribution in [0.5, 0.6) is 0 Å². The Balaban J connectivity index is 2.33. The molecule has 0 aliphatic carbocycles. The molecule has 0 aromatic rings. The molecule has 1 rings (SSSR count). The third kappa shape index (κ3) is 1.04. The average Bonchev–Trinajstić information content (AvgIpc) is 1.91. The SMILES string of the molecule is FN1CCCC1Cl. The highest BCUT2D eigenvalue weighted by Crippen LogP contribution is 2.19. The van der Waals surface area contributed by atoms with E-state index < -0.39 is 0 Å². The van der Waals surface area contributed by atoms with Gasteiger partial charge in [-0.3, -0.25) is 0 Å². The summed E-state index contributed by atoms with van der Waals surface area (Å²) in [6, 6.07) is 0.